The van der Waals surface area contributed by atoms with Gasteiger partial charge in [-0.3, -0.25) is 4.90 Å². The highest BCUT2D eigenvalue weighted by molar-refractivity contribution is 5.18. The van der Waals surface area contributed by atoms with Crippen molar-refractivity contribution in [2.45, 2.75) is 25.8 Å². The predicted octanol–water partition coefficient (Wildman–Crippen LogP) is 1.26. The molecule has 76 valence electrons. The van der Waals surface area contributed by atoms with Crippen LogP contribution in [0, 0.1) is 6.92 Å². The van der Waals surface area contributed by atoms with Gasteiger partial charge < -0.3 is 5.11 Å². The minimum atomic E-state index is 0.0767. The summed E-state index contributed by atoms with van der Waals surface area (Å²) in [6, 6.07) is 2.02. The van der Waals surface area contributed by atoms with Gasteiger partial charge in [0.05, 0.1) is 11.7 Å². The first-order valence-electron chi connectivity index (χ1n) is 4.91. The fourth-order valence-corrected chi connectivity index (χ4v) is 2.03. The molecule has 1 aromatic heterocycles. The lowest BCUT2D eigenvalue weighted by atomic mass is 10.1. The Balaban J connectivity index is 2.31. The van der Waals surface area contributed by atoms with E-state index in [9.17, 15) is 5.11 Å². The van der Waals surface area contributed by atoms with Crippen molar-refractivity contribution in [3.05, 3.63) is 17.6 Å². The van der Waals surface area contributed by atoms with Crippen LogP contribution in [-0.2, 0) is 0 Å². The maximum Gasteiger partial charge on any atom is 0.214 e. The quantitative estimate of drug-likeness (QED) is 0.729. The maximum atomic E-state index is 9.37. The Morgan fingerprint density at radius 2 is 2.29 bits per heavy atom. The maximum absolute atomic E-state index is 9.37. The van der Waals surface area contributed by atoms with Gasteiger partial charge in [-0.15, -0.1) is 0 Å². The molecule has 0 spiro atoms. The summed E-state index contributed by atoms with van der Waals surface area (Å²) in [6.07, 6.45) is 2.32. The monoisotopic (exact) mass is 193 g/mol. The average molecular weight is 193 g/mol. The van der Waals surface area contributed by atoms with Crippen LogP contribution in [0.5, 0.6) is 5.88 Å². The number of hydrogen-bond acceptors (Lipinski definition) is 4. The second-order valence-electron chi connectivity index (χ2n) is 3.84. The van der Waals surface area contributed by atoms with E-state index in [2.05, 4.69) is 21.9 Å². The third kappa shape index (κ3) is 1.70. The van der Waals surface area contributed by atoms with Gasteiger partial charge in [0.2, 0.25) is 5.88 Å². The summed E-state index contributed by atoms with van der Waals surface area (Å²) in [6.45, 7) is 2.91. The lowest BCUT2D eigenvalue weighted by Gasteiger charge is -2.18. The molecular formula is C10H15N3O. The van der Waals surface area contributed by atoms with E-state index in [1.165, 1.54) is 6.42 Å². The molecule has 2 heterocycles. The smallest absolute Gasteiger partial charge is 0.214 e. The van der Waals surface area contributed by atoms with Gasteiger partial charge in [-0.05, 0) is 33.4 Å². The van der Waals surface area contributed by atoms with Crippen LogP contribution in [0.1, 0.15) is 30.4 Å². The van der Waals surface area contributed by atoms with Crippen molar-refractivity contribution in [3.8, 4) is 5.88 Å². The molecule has 4 nitrogen and oxygen atoms in total. The Bertz CT molecular complexity index is 320. The summed E-state index contributed by atoms with van der Waals surface area (Å²) in [5.74, 6) is 0.716. The van der Waals surface area contributed by atoms with E-state index >= 15 is 0 Å². The van der Waals surface area contributed by atoms with E-state index in [4.69, 9.17) is 0 Å². The van der Waals surface area contributed by atoms with Crippen LogP contribution in [0.4, 0.5) is 0 Å². The van der Waals surface area contributed by atoms with Gasteiger partial charge in [0.1, 0.15) is 5.82 Å². The lowest BCUT2D eigenvalue weighted by Crippen LogP contribution is -2.18. The second-order valence-corrected chi connectivity index (χ2v) is 3.84. The van der Waals surface area contributed by atoms with E-state index in [1.807, 2.05) is 0 Å². The van der Waals surface area contributed by atoms with Crippen molar-refractivity contribution in [1.82, 2.24) is 14.9 Å². The number of rotatable bonds is 1. The fraction of sp³-hybridized carbons (Fsp3) is 0.600. The molecule has 0 aromatic carbocycles. The van der Waals surface area contributed by atoms with Crippen LogP contribution < -0.4 is 0 Å². The molecule has 1 aromatic rings. The molecule has 1 atom stereocenters. The first-order chi connectivity index (χ1) is 6.66. The molecule has 1 fully saturated rings. The highest BCUT2D eigenvalue weighted by Gasteiger charge is 2.24. The summed E-state index contributed by atoms with van der Waals surface area (Å²) in [5, 5.41) is 9.37. The molecule has 2 rings (SSSR count). The summed E-state index contributed by atoms with van der Waals surface area (Å²) in [5.41, 5.74) is 0.940. The highest BCUT2D eigenvalue weighted by atomic mass is 16.3. The minimum absolute atomic E-state index is 0.0767. The predicted molar refractivity (Wildman–Crippen MR) is 53.0 cm³/mol. The van der Waals surface area contributed by atoms with E-state index in [0.29, 0.717) is 11.9 Å². The largest absolute Gasteiger partial charge is 0.493 e. The van der Waals surface area contributed by atoms with Crippen molar-refractivity contribution >= 4 is 0 Å². The molecule has 4 heteroatoms. The van der Waals surface area contributed by atoms with E-state index < -0.39 is 0 Å². The number of nitrogens with zero attached hydrogens (tertiary/aromatic N) is 3. The molecule has 1 aliphatic rings. The SMILES string of the molecule is Cc1nc(O)cc(C2CCCN2C)n1. The Morgan fingerprint density at radius 3 is 2.86 bits per heavy atom. The normalized spacial score (nSPS) is 22.9. The van der Waals surface area contributed by atoms with E-state index in [0.717, 1.165) is 18.7 Å². The topological polar surface area (TPSA) is 49.3 Å². The second kappa shape index (κ2) is 3.53. The van der Waals surface area contributed by atoms with Gasteiger partial charge in [0.25, 0.3) is 0 Å². The summed E-state index contributed by atoms with van der Waals surface area (Å²) >= 11 is 0. The molecule has 0 aliphatic carbocycles. The van der Waals surface area contributed by atoms with Crippen LogP contribution in [0.2, 0.25) is 0 Å². The Morgan fingerprint density at radius 1 is 1.50 bits per heavy atom. The average Bonchev–Trinajstić information content (AvgIpc) is 2.49. The molecule has 1 saturated heterocycles. The van der Waals surface area contributed by atoms with E-state index in [1.54, 1.807) is 13.0 Å². The number of hydrogen-bond donors (Lipinski definition) is 1. The van der Waals surface area contributed by atoms with Crippen LogP contribution in [-0.4, -0.2) is 33.6 Å². The number of aromatic hydroxyl groups is 1. The zero-order valence-corrected chi connectivity index (χ0v) is 8.56. The molecule has 0 amide bonds. The third-order valence-electron chi connectivity index (χ3n) is 2.71. The number of aromatic nitrogens is 2. The Hall–Kier alpha value is -1.16. The van der Waals surface area contributed by atoms with E-state index in [-0.39, 0.29) is 5.88 Å². The first kappa shape index (κ1) is 9.40. The zero-order valence-electron chi connectivity index (χ0n) is 8.56. The number of likely N-dealkylation sites (tertiary alicyclic amines) is 1. The van der Waals surface area contributed by atoms with Gasteiger partial charge in [-0.1, -0.05) is 0 Å². The molecule has 0 radical (unpaired) electrons. The van der Waals surface area contributed by atoms with Crippen molar-refractivity contribution in [3.63, 3.8) is 0 Å². The molecule has 1 unspecified atom stereocenters. The highest BCUT2D eigenvalue weighted by Crippen LogP contribution is 2.29. The molecular weight excluding hydrogens is 178 g/mol. The van der Waals surface area contributed by atoms with Crippen LogP contribution in [0.25, 0.3) is 0 Å². The lowest BCUT2D eigenvalue weighted by molar-refractivity contribution is 0.309. The first-order valence-corrected chi connectivity index (χ1v) is 4.91. The van der Waals surface area contributed by atoms with Gasteiger partial charge in [0, 0.05) is 6.07 Å². The van der Waals surface area contributed by atoms with Crippen molar-refractivity contribution < 1.29 is 5.11 Å². The van der Waals surface area contributed by atoms with Gasteiger partial charge >= 0.3 is 0 Å². The summed E-state index contributed by atoms with van der Waals surface area (Å²) in [7, 11) is 2.09. The molecule has 14 heavy (non-hydrogen) atoms. The summed E-state index contributed by atoms with van der Waals surface area (Å²) in [4.78, 5) is 10.5. The third-order valence-corrected chi connectivity index (χ3v) is 2.71. The summed E-state index contributed by atoms with van der Waals surface area (Å²) < 4.78 is 0. The Kier molecular flexibility index (Phi) is 2.37. The minimum Gasteiger partial charge on any atom is -0.493 e. The van der Waals surface area contributed by atoms with Crippen molar-refractivity contribution in [2.24, 2.45) is 0 Å². The van der Waals surface area contributed by atoms with Crippen molar-refractivity contribution in [1.29, 1.82) is 0 Å². The molecule has 0 bridgehead atoms. The fourth-order valence-electron chi connectivity index (χ4n) is 2.03. The van der Waals surface area contributed by atoms with Crippen LogP contribution >= 0.6 is 0 Å². The van der Waals surface area contributed by atoms with Crippen LogP contribution in [0.3, 0.4) is 0 Å². The molecule has 0 saturated carbocycles. The van der Waals surface area contributed by atoms with Gasteiger partial charge in [0.15, 0.2) is 0 Å². The molecule has 1 aliphatic heterocycles. The standard InChI is InChI=1S/C10H15N3O/c1-7-11-8(6-10(14)12-7)9-4-3-5-13(9)2/h6,9H,3-5H2,1-2H3,(H,11,12,14). The van der Waals surface area contributed by atoms with Gasteiger partial charge in [-0.25, -0.2) is 4.98 Å². The molecule has 1 N–H and O–H groups in total. The Labute approximate surface area is 83.6 Å². The van der Waals surface area contributed by atoms with Gasteiger partial charge in [-0.2, -0.15) is 4.98 Å². The number of aryl methyl sites for hydroxylation is 1. The van der Waals surface area contributed by atoms with Crippen LogP contribution in [0.15, 0.2) is 6.07 Å². The zero-order chi connectivity index (χ0) is 10.1. The van der Waals surface area contributed by atoms with Crippen molar-refractivity contribution in [2.75, 3.05) is 13.6 Å².